The zero-order chi connectivity index (χ0) is 30.7. The van der Waals surface area contributed by atoms with E-state index in [1.807, 2.05) is 75.4 Å². The normalized spacial score (nSPS) is 20.0. The van der Waals surface area contributed by atoms with Gasteiger partial charge < -0.3 is 24.1 Å². The molecule has 5 rings (SSSR count). The van der Waals surface area contributed by atoms with Crippen molar-refractivity contribution in [2.75, 3.05) is 40.1 Å². The van der Waals surface area contributed by atoms with Crippen molar-refractivity contribution in [1.29, 1.82) is 0 Å². The van der Waals surface area contributed by atoms with E-state index in [1.54, 1.807) is 13.2 Å². The highest BCUT2D eigenvalue weighted by atomic mass is 32.2. The van der Waals surface area contributed by atoms with Gasteiger partial charge in [-0.25, -0.2) is 13.2 Å². The van der Waals surface area contributed by atoms with Crippen molar-refractivity contribution in [3.63, 3.8) is 0 Å². The summed E-state index contributed by atoms with van der Waals surface area (Å²) in [5, 5.41) is 9.80. The number of carboxylic acid groups (broad SMARTS) is 1. The highest BCUT2D eigenvalue weighted by molar-refractivity contribution is 7.89. The van der Waals surface area contributed by atoms with Gasteiger partial charge in [-0.05, 0) is 67.3 Å². The maximum atomic E-state index is 13.9. The summed E-state index contributed by atoms with van der Waals surface area (Å²) in [5.41, 5.74) is 3.40. The molecular formula is C32H38N2O8S. The molecule has 0 aliphatic carbocycles. The van der Waals surface area contributed by atoms with Crippen molar-refractivity contribution in [2.45, 2.75) is 50.2 Å². The van der Waals surface area contributed by atoms with Crippen LogP contribution in [0.3, 0.4) is 0 Å². The molecule has 0 saturated carbocycles. The van der Waals surface area contributed by atoms with Crippen molar-refractivity contribution >= 4 is 16.2 Å². The number of nitrogens with zero attached hydrogens (tertiary/aromatic N) is 2. The summed E-state index contributed by atoms with van der Waals surface area (Å²) < 4.78 is 51.3. The van der Waals surface area contributed by atoms with Crippen molar-refractivity contribution in [2.24, 2.45) is 0 Å². The first-order chi connectivity index (χ1) is 20.6. The number of carbonyl (C=O) groups is 1. The molecule has 2 heterocycles. The summed E-state index contributed by atoms with van der Waals surface area (Å²) in [5.74, 6) is 1.56. The smallest absolute Gasteiger partial charge is 0.497 e. The quantitative estimate of drug-likeness (QED) is 0.287. The zero-order valence-corrected chi connectivity index (χ0v) is 25.7. The number of ether oxygens (including phenoxy) is 4. The largest absolute Gasteiger partial charge is 0.506 e. The minimum absolute atomic E-state index is 0.126. The molecule has 0 amide bonds. The van der Waals surface area contributed by atoms with E-state index >= 15 is 0 Å². The molecular weight excluding hydrogens is 572 g/mol. The zero-order valence-electron chi connectivity index (χ0n) is 24.9. The fraction of sp³-hybridized carbons (Fsp3) is 0.406. The third-order valence-corrected chi connectivity index (χ3v) is 10.2. The van der Waals surface area contributed by atoms with Crippen LogP contribution in [0, 0.1) is 13.8 Å². The number of benzene rings is 3. The van der Waals surface area contributed by atoms with Crippen LogP contribution in [0.2, 0.25) is 0 Å². The summed E-state index contributed by atoms with van der Waals surface area (Å²) >= 11 is 0. The van der Waals surface area contributed by atoms with Crippen LogP contribution in [0.5, 0.6) is 17.2 Å². The molecule has 0 radical (unpaired) electrons. The number of hydrogen-bond donors (Lipinski definition) is 1. The monoisotopic (exact) mass is 610 g/mol. The first kappa shape index (κ1) is 30.7. The first-order valence-electron chi connectivity index (χ1n) is 14.4. The second-order valence-corrected chi connectivity index (χ2v) is 12.9. The van der Waals surface area contributed by atoms with Gasteiger partial charge in [0.2, 0.25) is 16.8 Å². The Hall–Kier alpha value is -3.80. The van der Waals surface area contributed by atoms with Gasteiger partial charge in [-0.15, -0.1) is 0 Å². The summed E-state index contributed by atoms with van der Waals surface area (Å²) in [6, 6.07) is 17.9. The van der Waals surface area contributed by atoms with Gasteiger partial charge in [0.1, 0.15) is 11.9 Å². The van der Waals surface area contributed by atoms with Gasteiger partial charge in [-0.3, -0.25) is 4.90 Å². The minimum Gasteiger partial charge on any atom is -0.497 e. The first-order valence-corrected chi connectivity index (χ1v) is 15.8. The molecule has 3 aromatic rings. The van der Waals surface area contributed by atoms with E-state index in [0.29, 0.717) is 53.8 Å². The van der Waals surface area contributed by atoms with Gasteiger partial charge in [0.15, 0.2) is 11.5 Å². The molecule has 0 spiro atoms. The van der Waals surface area contributed by atoms with E-state index < -0.39 is 28.3 Å². The van der Waals surface area contributed by atoms with Crippen LogP contribution in [0.1, 0.15) is 47.6 Å². The molecule has 0 unspecified atom stereocenters. The lowest BCUT2D eigenvalue weighted by molar-refractivity contribution is 0.0283. The lowest BCUT2D eigenvalue weighted by Gasteiger charge is -2.30. The molecule has 2 aliphatic heterocycles. The standard InChI is InChI=1S/C32H38N2O8S/c1-5-14-34(43(37,38)29-13-6-21(2)17-22(29)3)16-15-33-19-26(24-9-12-27-28(18-24)41-20-40-27)31(42-32(35)36)30(33)23-7-10-25(39-4)11-8-23/h6-13,17-18,26,30-31H,5,14-16,19-20H2,1-4H3,(H,35,36)/t26-,30-,31+/m1/s1. The summed E-state index contributed by atoms with van der Waals surface area (Å²) in [6.07, 6.45) is -1.49. The van der Waals surface area contributed by atoms with Gasteiger partial charge in [-0.2, -0.15) is 4.31 Å². The van der Waals surface area contributed by atoms with Crippen LogP contribution in [-0.2, 0) is 14.8 Å². The maximum absolute atomic E-state index is 13.9. The molecule has 43 heavy (non-hydrogen) atoms. The summed E-state index contributed by atoms with van der Waals surface area (Å²) in [7, 11) is -2.18. The van der Waals surface area contributed by atoms with Crippen LogP contribution in [0.25, 0.3) is 0 Å². The van der Waals surface area contributed by atoms with Crippen LogP contribution >= 0.6 is 0 Å². The fourth-order valence-corrected chi connectivity index (χ4v) is 7.83. The van der Waals surface area contributed by atoms with Crippen molar-refractivity contribution in [3.05, 3.63) is 82.9 Å². The van der Waals surface area contributed by atoms with E-state index in [9.17, 15) is 18.3 Å². The van der Waals surface area contributed by atoms with Crippen LogP contribution in [0.15, 0.2) is 65.6 Å². The molecule has 3 atom stereocenters. The Morgan fingerprint density at radius 2 is 1.72 bits per heavy atom. The van der Waals surface area contributed by atoms with Crippen LogP contribution in [0.4, 0.5) is 4.79 Å². The Balaban J connectivity index is 1.49. The molecule has 11 heteroatoms. The number of hydrogen-bond acceptors (Lipinski definition) is 8. The Morgan fingerprint density at radius 3 is 2.40 bits per heavy atom. The summed E-state index contributed by atoms with van der Waals surface area (Å²) in [4.78, 5) is 14.4. The molecule has 0 bridgehead atoms. The van der Waals surface area contributed by atoms with E-state index in [-0.39, 0.29) is 19.3 Å². The van der Waals surface area contributed by atoms with E-state index in [1.165, 1.54) is 4.31 Å². The Kier molecular flexibility index (Phi) is 9.14. The van der Waals surface area contributed by atoms with Crippen LogP contribution in [-0.4, -0.2) is 75.1 Å². The second-order valence-electron chi connectivity index (χ2n) is 11.0. The van der Waals surface area contributed by atoms with Gasteiger partial charge in [-0.1, -0.05) is 42.8 Å². The van der Waals surface area contributed by atoms with E-state index in [2.05, 4.69) is 4.90 Å². The Labute approximate surface area is 252 Å². The number of methoxy groups -OCH3 is 1. The molecule has 1 fully saturated rings. The molecule has 1 N–H and O–H groups in total. The lowest BCUT2D eigenvalue weighted by Crippen LogP contribution is -2.40. The number of fused-ring (bicyclic) bond motifs is 1. The average molecular weight is 611 g/mol. The molecule has 10 nitrogen and oxygen atoms in total. The van der Waals surface area contributed by atoms with Gasteiger partial charge in [0.05, 0.1) is 18.0 Å². The molecule has 0 aromatic heterocycles. The predicted octanol–water partition coefficient (Wildman–Crippen LogP) is 5.35. The van der Waals surface area contributed by atoms with Crippen LogP contribution < -0.4 is 14.2 Å². The predicted molar refractivity (Wildman–Crippen MR) is 160 cm³/mol. The van der Waals surface area contributed by atoms with Crippen molar-refractivity contribution in [3.8, 4) is 17.2 Å². The van der Waals surface area contributed by atoms with Crippen molar-refractivity contribution < 1.29 is 37.3 Å². The fourth-order valence-electron chi connectivity index (χ4n) is 6.10. The molecule has 3 aromatic carbocycles. The van der Waals surface area contributed by atoms with Gasteiger partial charge in [0, 0.05) is 32.1 Å². The van der Waals surface area contributed by atoms with E-state index in [0.717, 1.165) is 16.7 Å². The minimum atomic E-state index is -3.76. The third-order valence-electron chi connectivity index (χ3n) is 8.11. The highest BCUT2D eigenvalue weighted by Gasteiger charge is 2.46. The average Bonchev–Trinajstić information content (AvgIpc) is 3.59. The molecule has 2 aliphatic rings. The van der Waals surface area contributed by atoms with Gasteiger partial charge >= 0.3 is 6.16 Å². The van der Waals surface area contributed by atoms with E-state index in [4.69, 9.17) is 18.9 Å². The van der Waals surface area contributed by atoms with Gasteiger partial charge in [0.25, 0.3) is 0 Å². The Morgan fingerprint density at radius 1 is 1.00 bits per heavy atom. The maximum Gasteiger partial charge on any atom is 0.506 e. The SMILES string of the molecule is CCCN(CCN1C[C@H](c2ccc3c(c2)OCO3)[C@H](OC(=O)O)[C@H]1c1ccc(OC)cc1)S(=O)(=O)c1ccc(C)cc1C. The Bertz CT molecular complexity index is 1560. The second kappa shape index (κ2) is 12.8. The topological polar surface area (TPSA) is 115 Å². The summed E-state index contributed by atoms with van der Waals surface area (Å²) in [6.45, 7) is 7.22. The molecule has 1 saturated heterocycles. The highest BCUT2D eigenvalue weighted by Crippen LogP contribution is 2.45. The molecule has 230 valence electrons. The third kappa shape index (κ3) is 6.43. The number of rotatable bonds is 11. The lowest BCUT2D eigenvalue weighted by atomic mass is 9.90. The number of aryl methyl sites for hydroxylation is 2. The number of sulfonamides is 1. The number of likely N-dealkylation sites (tertiary alicyclic amines) is 1. The van der Waals surface area contributed by atoms with Crippen molar-refractivity contribution in [1.82, 2.24) is 9.21 Å².